The molecule has 4 aromatic rings. The first-order valence-corrected chi connectivity index (χ1v) is 11.7. The van der Waals surface area contributed by atoms with E-state index in [-0.39, 0.29) is 18.6 Å². The van der Waals surface area contributed by atoms with E-state index < -0.39 is 0 Å². The van der Waals surface area contributed by atoms with Gasteiger partial charge < -0.3 is 16.0 Å². The Morgan fingerprint density at radius 1 is 0.971 bits per heavy atom. The molecule has 3 aromatic heterocycles. The number of nitrogens with two attached hydrogens (primary N) is 1. The number of fused-ring (bicyclic) bond motifs is 1. The number of nitrogens with one attached hydrogen (secondary N) is 1. The van der Waals surface area contributed by atoms with E-state index in [2.05, 4.69) is 51.6 Å². The first kappa shape index (κ1) is 23.0. The van der Waals surface area contributed by atoms with Gasteiger partial charge in [0.2, 0.25) is 0 Å². The van der Waals surface area contributed by atoms with Crippen LogP contribution in [0.4, 0.5) is 17.5 Å². The molecule has 0 radical (unpaired) electrons. The zero-order valence-corrected chi connectivity index (χ0v) is 20.0. The normalized spacial score (nSPS) is 17.1. The number of rotatable bonds is 5. The van der Waals surface area contributed by atoms with Crippen molar-refractivity contribution < 1.29 is 0 Å². The molecule has 1 saturated heterocycles. The Labute approximate surface area is 210 Å². The van der Waals surface area contributed by atoms with Crippen LogP contribution in [0.3, 0.4) is 0 Å². The smallest absolute Gasteiger partial charge is 0.137 e. The number of anilines is 3. The van der Waals surface area contributed by atoms with Gasteiger partial charge in [-0.2, -0.15) is 5.26 Å². The SMILES string of the molecule is Cl.N#Cc1ccnc(Nc2cc(C3CC3)cc(-c3ccc4ccnc(N5CCCC5N)c4c3)n2)c1. The third kappa shape index (κ3) is 4.63. The number of benzene rings is 1. The highest BCUT2D eigenvalue weighted by molar-refractivity contribution is 5.95. The Morgan fingerprint density at radius 3 is 2.60 bits per heavy atom. The summed E-state index contributed by atoms with van der Waals surface area (Å²) in [6.07, 6.45) is 7.96. The summed E-state index contributed by atoms with van der Waals surface area (Å²) in [5.41, 5.74) is 10.1. The van der Waals surface area contributed by atoms with Crippen LogP contribution in [0.1, 0.15) is 42.7 Å². The molecular weight excluding hydrogens is 458 g/mol. The molecule has 8 heteroatoms. The van der Waals surface area contributed by atoms with E-state index in [1.54, 1.807) is 18.3 Å². The van der Waals surface area contributed by atoms with Crippen LogP contribution in [0.5, 0.6) is 0 Å². The van der Waals surface area contributed by atoms with Gasteiger partial charge in [0.1, 0.15) is 17.5 Å². The van der Waals surface area contributed by atoms with Crippen molar-refractivity contribution >= 4 is 40.6 Å². The number of nitrogens with zero attached hydrogens (tertiary/aromatic N) is 5. The molecule has 1 saturated carbocycles. The molecule has 1 aromatic carbocycles. The molecule has 1 atom stereocenters. The van der Waals surface area contributed by atoms with Crippen molar-refractivity contribution in [2.75, 3.05) is 16.8 Å². The molecule has 1 aliphatic carbocycles. The Kier molecular flexibility index (Phi) is 6.25. The van der Waals surface area contributed by atoms with E-state index in [9.17, 15) is 5.26 Å². The van der Waals surface area contributed by atoms with E-state index in [1.807, 2.05) is 12.3 Å². The van der Waals surface area contributed by atoms with Crippen LogP contribution in [-0.2, 0) is 0 Å². The Morgan fingerprint density at radius 2 is 1.83 bits per heavy atom. The van der Waals surface area contributed by atoms with E-state index >= 15 is 0 Å². The molecule has 35 heavy (non-hydrogen) atoms. The average molecular weight is 484 g/mol. The summed E-state index contributed by atoms with van der Waals surface area (Å²) in [5, 5.41) is 14.7. The predicted octanol–water partition coefficient (Wildman–Crippen LogP) is 5.49. The standard InChI is InChI=1S/C27H25N7.ClH/c28-16-17-7-9-30-25(12-17)33-26-15-21(18-3-4-18)14-23(32-26)20-6-5-19-8-10-31-27(22(19)13-20)34-11-1-2-24(34)29;/h5-10,12-15,18,24H,1-4,11,29H2,(H,30,32,33);1H. The maximum Gasteiger partial charge on any atom is 0.137 e. The monoisotopic (exact) mass is 483 g/mol. The fourth-order valence-electron chi connectivity index (χ4n) is 4.71. The average Bonchev–Trinajstić information content (AvgIpc) is 3.64. The molecule has 4 heterocycles. The summed E-state index contributed by atoms with van der Waals surface area (Å²) in [6.45, 7) is 0.926. The summed E-state index contributed by atoms with van der Waals surface area (Å²) in [4.78, 5) is 16.2. The molecule has 2 fully saturated rings. The van der Waals surface area contributed by atoms with Crippen molar-refractivity contribution in [2.45, 2.75) is 37.8 Å². The van der Waals surface area contributed by atoms with Crippen LogP contribution in [-0.4, -0.2) is 27.7 Å². The summed E-state index contributed by atoms with van der Waals surface area (Å²) >= 11 is 0. The summed E-state index contributed by atoms with van der Waals surface area (Å²) in [6, 6.07) is 18.4. The van der Waals surface area contributed by atoms with Crippen LogP contribution in [0, 0.1) is 11.3 Å². The van der Waals surface area contributed by atoms with Gasteiger partial charge in [-0.05, 0) is 78.9 Å². The van der Waals surface area contributed by atoms with Gasteiger partial charge in [-0.1, -0.05) is 12.1 Å². The van der Waals surface area contributed by atoms with Crippen molar-refractivity contribution in [2.24, 2.45) is 5.73 Å². The third-order valence-corrected chi connectivity index (χ3v) is 6.65. The maximum absolute atomic E-state index is 9.21. The predicted molar refractivity (Wildman–Crippen MR) is 141 cm³/mol. The molecular formula is C27H26ClN7. The van der Waals surface area contributed by atoms with Crippen molar-refractivity contribution in [3.8, 4) is 17.3 Å². The molecule has 0 amide bonds. The van der Waals surface area contributed by atoms with Gasteiger partial charge in [0.05, 0.1) is 23.5 Å². The maximum atomic E-state index is 9.21. The number of aromatic nitrogens is 3. The minimum absolute atomic E-state index is 0. The van der Waals surface area contributed by atoms with E-state index in [4.69, 9.17) is 15.7 Å². The zero-order valence-electron chi connectivity index (χ0n) is 19.2. The number of hydrogen-bond acceptors (Lipinski definition) is 7. The van der Waals surface area contributed by atoms with E-state index in [0.29, 0.717) is 17.3 Å². The fraction of sp³-hybridized carbons (Fsp3) is 0.259. The first-order chi connectivity index (χ1) is 16.7. The van der Waals surface area contributed by atoms with Crippen LogP contribution in [0.25, 0.3) is 22.0 Å². The highest BCUT2D eigenvalue weighted by atomic mass is 35.5. The highest BCUT2D eigenvalue weighted by Crippen LogP contribution is 2.42. The topological polar surface area (TPSA) is 104 Å². The van der Waals surface area contributed by atoms with Crippen LogP contribution in [0.15, 0.2) is 60.9 Å². The molecule has 0 spiro atoms. The van der Waals surface area contributed by atoms with Crippen molar-refractivity contribution in [1.29, 1.82) is 5.26 Å². The third-order valence-electron chi connectivity index (χ3n) is 6.65. The van der Waals surface area contributed by atoms with Gasteiger partial charge in [0, 0.05) is 29.9 Å². The number of halogens is 1. The van der Waals surface area contributed by atoms with Gasteiger partial charge in [-0.25, -0.2) is 15.0 Å². The second-order valence-corrected chi connectivity index (χ2v) is 9.09. The van der Waals surface area contributed by atoms with E-state index in [1.165, 1.54) is 18.4 Å². The van der Waals surface area contributed by atoms with Crippen molar-refractivity contribution in [1.82, 2.24) is 15.0 Å². The van der Waals surface area contributed by atoms with Crippen LogP contribution >= 0.6 is 12.4 Å². The van der Waals surface area contributed by atoms with Gasteiger partial charge in [-0.15, -0.1) is 12.4 Å². The lowest BCUT2D eigenvalue weighted by atomic mass is 10.0. The lowest BCUT2D eigenvalue weighted by Gasteiger charge is -2.24. The Balaban J connectivity index is 0.00000253. The van der Waals surface area contributed by atoms with Crippen molar-refractivity contribution in [3.63, 3.8) is 0 Å². The van der Waals surface area contributed by atoms with Gasteiger partial charge >= 0.3 is 0 Å². The van der Waals surface area contributed by atoms with Gasteiger partial charge in [-0.3, -0.25) is 0 Å². The molecule has 2 aliphatic rings. The second-order valence-electron chi connectivity index (χ2n) is 9.09. The van der Waals surface area contributed by atoms with Gasteiger partial charge in [0.15, 0.2) is 0 Å². The first-order valence-electron chi connectivity index (χ1n) is 11.7. The molecule has 3 N–H and O–H groups in total. The number of nitriles is 1. The Hall–Kier alpha value is -3.73. The number of hydrogen-bond donors (Lipinski definition) is 2. The zero-order chi connectivity index (χ0) is 23.1. The molecule has 0 bridgehead atoms. The second kappa shape index (κ2) is 9.49. The summed E-state index contributed by atoms with van der Waals surface area (Å²) < 4.78 is 0. The quantitative estimate of drug-likeness (QED) is 0.386. The lowest BCUT2D eigenvalue weighted by molar-refractivity contribution is 0.696. The molecule has 176 valence electrons. The lowest BCUT2D eigenvalue weighted by Crippen LogP contribution is -2.37. The molecule has 1 aliphatic heterocycles. The highest BCUT2D eigenvalue weighted by Gasteiger charge is 2.26. The van der Waals surface area contributed by atoms with Crippen LogP contribution in [0.2, 0.25) is 0 Å². The van der Waals surface area contributed by atoms with Gasteiger partial charge in [0.25, 0.3) is 0 Å². The minimum atomic E-state index is 0. The number of pyridine rings is 3. The Bertz CT molecular complexity index is 1430. The molecule has 7 nitrogen and oxygen atoms in total. The van der Waals surface area contributed by atoms with E-state index in [0.717, 1.165) is 53.1 Å². The fourth-order valence-corrected chi connectivity index (χ4v) is 4.71. The summed E-state index contributed by atoms with van der Waals surface area (Å²) in [7, 11) is 0. The van der Waals surface area contributed by atoms with Crippen LogP contribution < -0.4 is 16.0 Å². The minimum Gasteiger partial charge on any atom is -0.341 e. The molecule has 1 unspecified atom stereocenters. The largest absolute Gasteiger partial charge is 0.341 e. The van der Waals surface area contributed by atoms with Crippen molar-refractivity contribution in [3.05, 3.63) is 72.1 Å². The summed E-state index contributed by atoms with van der Waals surface area (Å²) in [5.74, 6) is 2.85. The molecule has 6 rings (SSSR count).